The number of carbonyl (C=O) groups is 1. The summed E-state index contributed by atoms with van der Waals surface area (Å²) >= 11 is 6.03. The summed E-state index contributed by atoms with van der Waals surface area (Å²) in [4.78, 5) is 17.3. The fraction of sp³-hybridized carbons (Fsp3) is 0.533. The van der Waals surface area contributed by atoms with Crippen molar-refractivity contribution in [2.24, 2.45) is 5.84 Å². The fourth-order valence-corrected chi connectivity index (χ4v) is 3.55. The van der Waals surface area contributed by atoms with Crippen LogP contribution in [0.5, 0.6) is 0 Å². The normalized spacial score (nSPS) is 22.8. The molecule has 0 aliphatic carbocycles. The minimum atomic E-state index is 0.0131. The first-order valence-electron chi connectivity index (χ1n) is 7.48. The van der Waals surface area contributed by atoms with Crippen LogP contribution in [0.15, 0.2) is 18.2 Å². The van der Waals surface area contributed by atoms with E-state index in [-0.39, 0.29) is 5.91 Å². The molecule has 2 aliphatic rings. The number of hydrogen-bond acceptors (Lipinski definition) is 4. The Morgan fingerprint density at radius 3 is 2.90 bits per heavy atom. The molecule has 2 heterocycles. The van der Waals surface area contributed by atoms with Gasteiger partial charge in [-0.05, 0) is 44.0 Å². The van der Waals surface area contributed by atoms with Gasteiger partial charge in [0, 0.05) is 30.7 Å². The van der Waals surface area contributed by atoms with Crippen molar-refractivity contribution < 1.29 is 4.79 Å². The van der Waals surface area contributed by atoms with Crippen LogP contribution < -0.4 is 11.3 Å². The Labute approximate surface area is 130 Å². The molecule has 1 atom stereocenters. The summed E-state index contributed by atoms with van der Waals surface area (Å²) in [5.41, 5.74) is 3.76. The number of carbonyl (C=O) groups excluding carboxylic acids is 1. The molecular formula is C15H21ClN4O. The number of rotatable bonds is 2. The topological polar surface area (TPSA) is 61.6 Å². The molecule has 1 unspecified atom stereocenters. The molecule has 0 bridgehead atoms. The van der Waals surface area contributed by atoms with Gasteiger partial charge in [-0.1, -0.05) is 11.6 Å². The number of nitrogens with one attached hydrogen (secondary N) is 1. The average Bonchev–Trinajstić information content (AvgIpc) is 2.83. The van der Waals surface area contributed by atoms with E-state index in [4.69, 9.17) is 17.4 Å². The third-order valence-electron chi connectivity index (χ3n) is 4.46. The molecule has 1 amide bonds. The highest BCUT2D eigenvalue weighted by Crippen LogP contribution is 2.25. The van der Waals surface area contributed by atoms with Gasteiger partial charge in [-0.25, -0.2) is 0 Å². The molecule has 6 heteroatoms. The van der Waals surface area contributed by atoms with E-state index in [9.17, 15) is 4.79 Å². The molecule has 21 heavy (non-hydrogen) atoms. The van der Waals surface area contributed by atoms with E-state index in [0.29, 0.717) is 22.3 Å². The summed E-state index contributed by atoms with van der Waals surface area (Å²) in [5.74, 6) is 5.53. The van der Waals surface area contributed by atoms with E-state index < -0.39 is 0 Å². The van der Waals surface area contributed by atoms with Crippen LogP contribution in [0.2, 0.25) is 5.02 Å². The summed E-state index contributed by atoms with van der Waals surface area (Å²) in [6.07, 6.45) is 3.44. The highest BCUT2D eigenvalue weighted by molar-refractivity contribution is 6.31. The van der Waals surface area contributed by atoms with Gasteiger partial charge in [-0.15, -0.1) is 0 Å². The molecule has 5 nitrogen and oxygen atoms in total. The zero-order valence-corrected chi connectivity index (χ0v) is 12.8. The van der Waals surface area contributed by atoms with Crippen molar-refractivity contribution in [3.05, 3.63) is 28.8 Å². The molecule has 2 saturated heterocycles. The summed E-state index contributed by atoms with van der Waals surface area (Å²) < 4.78 is 0. The molecule has 1 aromatic carbocycles. The Bertz CT molecular complexity index is 536. The molecule has 0 saturated carbocycles. The Morgan fingerprint density at radius 1 is 1.29 bits per heavy atom. The third kappa shape index (κ3) is 3.00. The van der Waals surface area contributed by atoms with Crippen molar-refractivity contribution in [3.8, 4) is 0 Å². The number of nitrogens with zero attached hydrogens (tertiary/aromatic N) is 2. The van der Waals surface area contributed by atoms with Gasteiger partial charge in [-0.2, -0.15) is 0 Å². The predicted octanol–water partition coefficient (Wildman–Crippen LogP) is 1.94. The average molecular weight is 309 g/mol. The molecular weight excluding hydrogens is 288 g/mol. The largest absolute Gasteiger partial charge is 0.337 e. The number of benzene rings is 1. The molecule has 0 aromatic heterocycles. The highest BCUT2D eigenvalue weighted by Gasteiger charge is 2.31. The van der Waals surface area contributed by atoms with E-state index in [1.165, 1.54) is 19.4 Å². The van der Waals surface area contributed by atoms with Gasteiger partial charge >= 0.3 is 0 Å². The molecule has 3 rings (SSSR count). The van der Waals surface area contributed by atoms with Gasteiger partial charge in [-0.3, -0.25) is 15.5 Å². The first-order valence-corrected chi connectivity index (χ1v) is 7.86. The van der Waals surface area contributed by atoms with Crippen LogP contribution in [-0.4, -0.2) is 47.9 Å². The Morgan fingerprint density at radius 2 is 2.10 bits per heavy atom. The summed E-state index contributed by atoms with van der Waals surface area (Å²) in [6.45, 7) is 3.85. The van der Waals surface area contributed by atoms with Crippen molar-refractivity contribution in [2.75, 3.05) is 31.6 Å². The Balaban J connectivity index is 1.82. The van der Waals surface area contributed by atoms with Gasteiger partial charge in [0.2, 0.25) is 0 Å². The van der Waals surface area contributed by atoms with Crippen LogP contribution in [0.3, 0.4) is 0 Å². The van der Waals surface area contributed by atoms with Gasteiger partial charge in [0.25, 0.3) is 5.91 Å². The number of amides is 1. The summed E-state index contributed by atoms with van der Waals surface area (Å²) in [6, 6.07) is 5.67. The predicted molar refractivity (Wildman–Crippen MR) is 84.4 cm³/mol. The zero-order chi connectivity index (χ0) is 14.8. The van der Waals surface area contributed by atoms with E-state index in [2.05, 4.69) is 10.3 Å². The Kier molecular flexibility index (Phi) is 4.33. The second kappa shape index (κ2) is 6.22. The quantitative estimate of drug-likeness (QED) is 0.647. The summed E-state index contributed by atoms with van der Waals surface area (Å²) in [5, 5.41) is 0.551. The molecule has 3 N–H and O–H groups in total. The minimum Gasteiger partial charge on any atom is -0.337 e. The number of halogens is 1. The number of hydrogen-bond donors (Lipinski definition) is 2. The fourth-order valence-electron chi connectivity index (χ4n) is 3.38. The van der Waals surface area contributed by atoms with Gasteiger partial charge in [0.1, 0.15) is 0 Å². The summed E-state index contributed by atoms with van der Waals surface area (Å²) in [7, 11) is 0. The maximum absolute atomic E-state index is 12.8. The number of anilines is 1. The van der Waals surface area contributed by atoms with Crippen LogP contribution in [0.4, 0.5) is 5.69 Å². The van der Waals surface area contributed by atoms with Gasteiger partial charge in [0.05, 0.1) is 11.3 Å². The molecule has 2 fully saturated rings. The lowest BCUT2D eigenvalue weighted by atomic mass is 10.1. The second-order valence-electron chi connectivity index (χ2n) is 5.77. The van der Waals surface area contributed by atoms with Crippen LogP contribution >= 0.6 is 11.6 Å². The maximum Gasteiger partial charge on any atom is 0.256 e. The number of nitrogens with two attached hydrogens (primary N) is 1. The number of hydrazine groups is 1. The van der Waals surface area contributed by atoms with Gasteiger partial charge < -0.3 is 10.3 Å². The molecule has 114 valence electrons. The van der Waals surface area contributed by atoms with Crippen LogP contribution in [-0.2, 0) is 0 Å². The molecule has 0 radical (unpaired) electrons. The molecule has 0 spiro atoms. The SMILES string of the molecule is NNc1ccc(Cl)cc1C(=O)N1CCCN2CCCC2C1. The zero-order valence-electron chi connectivity index (χ0n) is 12.0. The van der Waals surface area contributed by atoms with Crippen molar-refractivity contribution in [1.82, 2.24) is 9.80 Å². The molecule has 2 aliphatic heterocycles. The lowest BCUT2D eigenvalue weighted by Crippen LogP contribution is -2.40. The smallest absolute Gasteiger partial charge is 0.256 e. The highest BCUT2D eigenvalue weighted by atomic mass is 35.5. The van der Waals surface area contributed by atoms with Crippen molar-refractivity contribution in [3.63, 3.8) is 0 Å². The standard InChI is InChI=1S/C15H21ClN4O/c16-11-4-5-14(18-17)13(9-11)15(21)20-8-2-7-19-6-1-3-12(19)10-20/h4-5,9,12,18H,1-3,6-8,10,17H2. The van der Waals surface area contributed by atoms with Crippen molar-refractivity contribution >= 4 is 23.2 Å². The number of nitrogen functional groups attached to an aromatic ring is 1. The van der Waals surface area contributed by atoms with E-state index >= 15 is 0 Å². The van der Waals surface area contributed by atoms with E-state index in [1.807, 2.05) is 4.90 Å². The third-order valence-corrected chi connectivity index (χ3v) is 4.69. The monoisotopic (exact) mass is 308 g/mol. The van der Waals surface area contributed by atoms with Crippen molar-refractivity contribution in [1.29, 1.82) is 0 Å². The van der Waals surface area contributed by atoms with Crippen LogP contribution in [0.25, 0.3) is 0 Å². The van der Waals surface area contributed by atoms with Crippen LogP contribution in [0, 0.1) is 0 Å². The number of fused-ring (bicyclic) bond motifs is 1. The van der Waals surface area contributed by atoms with E-state index in [0.717, 1.165) is 26.1 Å². The van der Waals surface area contributed by atoms with Crippen molar-refractivity contribution in [2.45, 2.75) is 25.3 Å². The van der Waals surface area contributed by atoms with Crippen LogP contribution in [0.1, 0.15) is 29.6 Å². The van der Waals surface area contributed by atoms with E-state index in [1.54, 1.807) is 18.2 Å². The first kappa shape index (κ1) is 14.6. The first-order chi connectivity index (χ1) is 10.2. The maximum atomic E-state index is 12.8. The lowest BCUT2D eigenvalue weighted by molar-refractivity contribution is 0.0744. The second-order valence-corrected chi connectivity index (χ2v) is 6.21. The lowest BCUT2D eigenvalue weighted by Gasteiger charge is -2.26. The molecule has 1 aromatic rings. The Hall–Kier alpha value is -1.30. The van der Waals surface area contributed by atoms with Gasteiger partial charge in [0.15, 0.2) is 0 Å². The minimum absolute atomic E-state index is 0.0131.